The molecule has 0 saturated heterocycles. The number of benzene rings is 1. The van der Waals surface area contributed by atoms with Gasteiger partial charge >= 0.3 is 0 Å². The molecule has 24 heavy (non-hydrogen) atoms. The molecule has 1 N–H and O–H groups in total. The van der Waals surface area contributed by atoms with Crippen LogP contribution < -0.4 is 4.74 Å². The number of nitrogens with zero attached hydrogens (tertiary/aromatic N) is 3. The normalized spacial score (nSPS) is 16.7. The van der Waals surface area contributed by atoms with Crippen LogP contribution in [-0.2, 0) is 6.54 Å². The second kappa shape index (κ2) is 6.09. The Balaban J connectivity index is 1.70. The van der Waals surface area contributed by atoms with E-state index in [1.807, 2.05) is 29.2 Å². The molecule has 4 rings (SSSR count). The van der Waals surface area contributed by atoms with E-state index in [0.29, 0.717) is 18.8 Å². The fourth-order valence-corrected chi connectivity index (χ4v) is 3.60. The van der Waals surface area contributed by atoms with E-state index >= 15 is 0 Å². The molecule has 1 atom stereocenters. The topological polar surface area (TPSA) is 71.1 Å². The van der Waals surface area contributed by atoms with Gasteiger partial charge in [0, 0.05) is 17.8 Å². The van der Waals surface area contributed by atoms with Crippen molar-refractivity contribution in [2.24, 2.45) is 0 Å². The smallest absolute Gasteiger partial charge is 0.273 e. The van der Waals surface area contributed by atoms with Gasteiger partial charge in [-0.3, -0.25) is 4.79 Å². The fraction of sp³-hybridized carbons (Fsp3) is 0.235. The van der Waals surface area contributed by atoms with Crippen LogP contribution in [0, 0.1) is 0 Å². The van der Waals surface area contributed by atoms with Crippen LogP contribution >= 0.6 is 11.3 Å². The van der Waals surface area contributed by atoms with Crippen LogP contribution in [0.4, 0.5) is 0 Å². The molecule has 0 saturated carbocycles. The lowest BCUT2D eigenvalue weighted by Crippen LogP contribution is -2.38. The van der Waals surface area contributed by atoms with Crippen LogP contribution in [0.25, 0.3) is 0 Å². The number of thiazole rings is 1. The molecular formula is C17H16N4O2S. The van der Waals surface area contributed by atoms with Gasteiger partial charge in [-0.05, 0) is 17.7 Å². The Bertz CT molecular complexity index is 859. The van der Waals surface area contributed by atoms with Crippen molar-refractivity contribution in [3.8, 4) is 5.75 Å². The van der Waals surface area contributed by atoms with Gasteiger partial charge in [0.05, 0.1) is 36.9 Å². The summed E-state index contributed by atoms with van der Waals surface area (Å²) < 4.78 is 5.33. The van der Waals surface area contributed by atoms with Gasteiger partial charge in [0.1, 0.15) is 11.4 Å². The number of fused-ring (bicyclic) bond motifs is 1. The average Bonchev–Trinajstić information content (AvgIpc) is 3.31. The fourth-order valence-electron chi connectivity index (χ4n) is 3.08. The third-order valence-corrected chi connectivity index (χ3v) is 4.85. The summed E-state index contributed by atoms with van der Waals surface area (Å²) in [5, 5.41) is 1.78. The van der Waals surface area contributed by atoms with E-state index in [1.54, 1.807) is 24.3 Å². The predicted molar refractivity (Wildman–Crippen MR) is 90.3 cm³/mol. The van der Waals surface area contributed by atoms with Crippen LogP contribution in [0.3, 0.4) is 0 Å². The Kier molecular flexibility index (Phi) is 3.78. The van der Waals surface area contributed by atoms with Gasteiger partial charge in [-0.2, -0.15) is 0 Å². The lowest BCUT2D eigenvalue weighted by molar-refractivity contribution is 0.0716. The number of ether oxygens (including phenoxy) is 1. The van der Waals surface area contributed by atoms with Gasteiger partial charge in [-0.1, -0.05) is 12.1 Å². The van der Waals surface area contributed by atoms with Gasteiger partial charge < -0.3 is 14.6 Å². The largest absolute Gasteiger partial charge is 0.497 e. The van der Waals surface area contributed by atoms with Crippen molar-refractivity contribution in [1.82, 2.24) is 19.9 Å². The van der Waals surface area contributed by atoms with E-state index in [0.717, 1.165) is 22.7 Å². The van der Waals surface area contributed by atoms with Crippen molar-refractivity contribution in [1.29, 1.82) is 0 Å². The Morgan fingerprint density at radius 2 is 2.33 bits per heavy atom. The summed E-state index contributed by atoms with van der Waals surface area (Å²) in [4.78, 5) is 26.3. The summed E-state index contributed by atoms with van der Waals surface area (Å²) in [6.07, 6.45) is 1.69. The molecule has 0 radical (unpaired) electrons. The van der Waals surface area contributed by atoms with Crippen LogP contribution in [0.5, 0.6) is 5.75 Å². The van der Waals surface area contributed by atoms with Crippen molar-refractivity contribution in [2.75, 3.05) is 13.7 Å². The molecule has 1 amide bonds. The zero-order valence-corrected chi connectivity index (χ0v) is 13.9. The number of amides is 1. The van der Waals surface area contributed by atoms with Crippen molar-refractivity contribution < 1.29 is 9.53 Å². The quantitative estimate of drug-likeness (QED) is 0.796. The third-order valence-electron chi connectivity index (χ3n) is 4.27. The van der Waals surface area contributed by atoms with Gasteiger partial charge in [-0.25, -0.2) is 9.97 Å². The lowest BCUT2D eigenvalue weighted by atomic mass is 9.90. The maximum Gasteiger partial charge on any atom is 0.273 e. The number of imidazole rings is 1. The summed E-state index contributed by atoms with van der Waals surface area (Å²) >= 11 is 1.43. The number of carbonyl (C=O) groups excluding carboxylic acids is 1. The third kappa shape index (κ3) is 2.56. The van der Waals surface area contributed by atoms with Crippen LogP contribution in [0.15, 0.2) is 41.5 Å². The molecule has 1 aliphatic heterocycles. The van der Waals surface area contributed by atoms with Gasteiger partial charge in [0.2, 0.25) is 0 Å². The Labute approximate surface area is 143 Å². The SMILES string of the molecule is COc1cccc(C2CN(C(=O)c3cscn3)Cc3[nH]cnc32)c1. The standard InChI is InChI=1S/C17H16N4O2S/c1-23-12-4-2-3-11(5-12)13-6-21(7-14-16(13)19-9-18-14)17(22)15-8-24-10-20-15/h2-5,8-10,13H,6-7H2,1H3,(H,18,19). The van der Waals surface area contributed by atoms with Crippen LogP contribution in [0.1, 0.15) is 33.4 Å². The summed E-state index contributed by atoms with van der Waals surface area (Å²) in [5.41, 5.74) is 5.22. The lowest BCUT2D eigenvalue weighted by Gasteiger charge is -2.32. The van der Waals surface area contributed by atoms with Crippen molar-refractivity contribution in [2.45, 2.75) is 12.5 Å². The van der Waals surface area contributed by atoms with Gasteiger partial charge in [0.15, 0.2) is 0 Å². The van der Waals surface area contributed by atoms with E-state index < -0.39 is 0 Å². The van der Waals surface area contributed by atoms with Crippen molar-refractivity contribution >= 4 is 17.2 Å². The number of nitrogens with one attached hydrogen (secondary N) is 1. The highest BCUT2D eigenvalue weighted by Crippen LogP contribution is 2.33. The number of hydrogen-bond acceptors (Lipinski definition) is 5. The number of rotatable bonds is 3. The van der Waals surface area contributed by atoms with E-state index in [-0.39, 0.29) is 11.8 Å². The van der Waals surface area contributed by atoms with Crippen molar-refractivity contribution in [3.63, 3.8) is 0 Å². The summed E-state index contributed by atoms with van der Waals surface area (Å²) in [6.45, 7) is 1.09. The van der Waals surface area contributed by atoms with E-state index in [2.05, 4.69) is 15.0 Å². The molecule has 1 aliphatic rings. The highest BCUT2D eigenvalue weighted by Gasteiger charge is 2.32. The number of aromatic nitrogens is 3. The molecule has 2 aromatic heterocycles. The Morgan fingerprint density at radius 3 is 3.12 bits per heavy atom. The summed E-state index contributed by atoms with van der Waals surface area (Å²) in [7, 11) is 1.65. The first-order valence-electron chi connectivity index (χ1n) is 7.60. The molecule has 0 fully saturated rings. The van der Waals surface area contributed by atoms with Gasteiger partial charge in [0.25, 0.3) is 5.91 Å². The van der Waals surface area contributed by atoms with Crippen molar-refractivity contribution in [3.05, 3.63) is 64.1 Å². The molecule has 1 unspecified atom stereocenters. The molecule has 0 spiro atoms. The second-order valence-corrected chi connectivity index (χ2v) is 6.37. The number of carbonyl (C=O) groups is 1. The highest BCUT2D eigenvalue weighted by molar-refractivity contribution is 7.07. The molecule has 0 aliphatic carbocycles. The first kappa shape index (κ1) is 14.9. The molecule has 7 heteroatoms. The van der Waals surface area contributed by atoms with Crippen LogP contribution in [0.2, 0.25) is 0 Å². The maximum absolute atomic E-state index is 12.7. The maximum atomic E-state index is 12.7. The Hall–Kier alpha value is -2.67. The van der Waals surface area contributed by atoms with E-state index in [9.17, 15) is 4.79 Å². The first-order chi connectivity index (χ1) is 11.8. The number of hydrogen-bond donors (Lipinski definition) is 1. The molecule has 122 valence electrons. The summed E-state index contributed by atoms with van der Waals surface area (Å²) in [5.74, 6) is 0.759. The molecule has 6 nitrogen and oxygen atoms in total. The average molecular weight is 340 g/mol. The number of methoxy groups -OCH3 is 1. The monoisotopic (exact) mass is 340 g/mol. The van der Waals surface area contributed by atoms with Gasteiger partial charge in [-0.15, -0.1) is 11.3 Å². The molecular weight excluding hydrogens is 324 g/mol. The molecule has 1 aromatic carbocycles. The number of H-pyrrole nitrogens is 1. The minimum absolute atomic E-state index is 0.0117. The zero-order valence-electron chi connectivity index (χ0n) is 13.1. The van der Waals surface area contributed by atoms with Crippen LogP contribution in [-0.4, -0.2) is 39.4 Å². The first-order valence-corrected chi connectivity index (χ1v) is 8.54. The molecule has 0 bridgehead atoms. The number of aromatic amines is 1. The van der Waals surface area contributed by atoms with E-state index in [1.165, 1.54) is 11.3 Å². The predicted octanol–water partition coefficient (Wildman–Crippen LogP) is 2.66. The minimum atomic E-state index is -0.0515. The molecule has 3 heterocycles. The second-order valence-electron chi connectivity index (χ2n) is 5.65. The zero-order chi connectivity index (χ0) is 16.5. The highest BCUT2D eigenvalue weighted by atomic mass is 32.1. The summed E-state index contributed by atoms with van der Waals surface area (Å²) in [6, 6.07) is 7.92. The minimum Gasteiger partial charge on any atom is -0.497 e. The Morgan fingerprint density at radius 1 is 1.42 bits per heavy atom. The van der Waals surface area contributed by atoms with E-state index in [4.69, 9.17) is 4.74 Å². The molecule has 3 aromatic rings.